The van der Waals surface area contributed by atoms with E-state index in [1.54, 1.807) is 31.2 Å². The molecule has 1 aromatic carbocycles. The van der Waals surface area contributed by atoms with Crippen molar-refractivity contribution in [3.63, 3.8) is 0 Å². The van der Waals surface area contributed by atoms with E-state index in [9.17, 15) is 10.4 Å². The highest BCUT2D eigenvalue weighted by Crippen LogP contribution is 2.25. The van der Waals surface area contributed by atoms with Crippen LogP contribution in [-0.4, -0.2) is 22.2 Å². The number of aliphatic hydroxyl groups is 1. The maximum absolute atomic E-state index is 10.4. The molecule has 2 atom stereocenters. The van der Waals surface area contributed by atoms with E-state index in [1.165, 1.54) is 0 Å². The number of rotatable bonds is 5. The number of fused-ring (bicyclic) bond motifs is 1. The van der Waals surface area contributed by atoms with Crippen molar-refractivity contribution < 1.29 is 5.11 Å². The molecule has 0 fully saturated rings. The minimum atomic E-state index is -0.835. The molecule has 0 bridgehead atoms. The van der Waals surface area contributed by atoms with Crippen molar-refractivity contribution >= 4 is 28.3 Å². The van der Waals surface area contributed by atoms with Gasteiger partial charge in [-0.25, -0.2) is 4.98 Å². The number of nitriles is 1. The van der Waals surface area contributed by atoms with Crippen LogP contribution in [0, 0.1) is 17.2 Å². The maximum atomic E-state index is 10.4. The first-order valence-electron chi connectivity index (χ1n) is 7.34. The third kappa shape index (κ3) is 3.49. The lowest BCUT2D eigenvalue weighted by Crippen LogP contribution is -2.40. The third-order valence-electron chi connectivity index (χ3n) is 4.19. The number of pyridine rings is 1. The molecule has 116 valence electrons. The van der Waals surface area contributed by atoms with Gasteiger partial charge in [-0.2, -0.15) is 5.26 Å². The van der Waals surface area contributed by atoms with Crippen LogP contribution in [0.4, 0.5) is 5.82 Å². The minimum Gasteiger partial charge on any atom is -0.388 e. The summed E-state index contributed by atoms with van der Waals surface area (Å²) in [6, 6.07) is 9.13. The van der Waals surface area contributed by atoms with Gasteiger partial charge >= 0.3 is 0 Å². The normalized spacial score (nSPS) is 15.1. The molecule has 2 rings (SSSR count). The highest BCUT2D eigenvalue weighted by Gasteiger charge is 2.26. The Morgan fingerprint density at radius 3 is 2.82 bits per heavy atom. The Morgan fingerprint density at radius 2 is 2.18 bits per heavy atom. The summed E-state index contributed by atoms with van der Waals surface area (Å²) in [5.41, 5.74) is 0.380. The van der Waals surface area contributed by atoms with E-state index in [0.717, 1.165) is 11.8 Å². The van der Waals surface area contributed by atoms with Crippen LogP contribution in [0.1, 0.15) is 32.8 Å². The van der Waals surface area contributed by atoms with Crippen LogP contribution in [0.3, 0.4) is 0 Å². The van der Waals surface area contributed by atoms with Gasteiger partial charge in [0.2, 0.25) is 0 Å². The zero-order chi connectivity index (χ0) is 16.3. The van der Waals surface area contributed by atoms with Gasteiger partial charge in [-0.05, 0) is 37.1 Å². The first-order chi connectivity index (χ1) is 10.4. The van der Waals surface area contributed by atoms with E-state index in [1.807, 2.05) is 13.8 Å². The predicted molar refractivity (Wildman–Crippen MR) is 90.0 cm³/mol. The van der Waals surface area contributed by atoms with Gasteiger partial charge in [0.15, 0.2) is 0 Å². The van der Waals surface area contributed by atoms with Crippen LogP contribution in [0.2, 0.25) is 5.02 Å². The summed E-state index contributed by atoms with van der Waals surface area (Å²) in [5.74, 6) is 0.740. The molecule has 0 saturated heterocycles. The summed E-state index contributed by atoms with van der Waals surface area (Å²) in [6.45, 7) is 6.24. The molecule has 0 aliphatic rings. The lowest BCUT2D eigenvalue weighted by Gasteiger charge is -2.30. The molecule has 0 radical (unpaired) electrons. The Labute approximate surface area is 135 Å². The van der Waals surface area contributed by atoms with E-state index < -0.39 is 5.60 Å². The van der Waals surface area contributed by atoms with E-state index in [4.69, 9.17) is 11.6 Å². The Bertz CT molecular complexity index is 722. The van der Waals surface area contributed by atoms with Crippen LogP contribution < -0.4 is 5.32 Å². The SMILES string of the molecule is CCC(C)C(C)(O)CNc1cc(C#N)c2cc(Cl)ccc2n1. The second kappa shape index (κ2) is 6.51. The minimum absolute atomic E-state index is 0.162. The monoisotopic (exact) mass is 317 g/mol. The van der Waals surface area contributed by atoms with Gasteiger partial charge < -0.3 is 10.4 Å². The molecule has 0 amide bonds. The average Bonchev–Trinajstić information content (AvgIpc) is 2.51. The average molecular weight is 318 g/mol. The standard InChI is InChI=1S/C17H20ClN3O/c1-4-11(2)17(3,22)10-20-16-7-12(9-19)14-8-13(18)5-6-15(14)21-16/h5-8,11,22H,4,10H2,1-3H3,(H,20,21). The topological polar surface area (TPSA) is 68.9 Å². The van der Waals surface area contributed by atoms with Crippen molar-refractivity contribution in [2.75, 3.05) is 11.9 Å². The van der Waals surface area contributed by atoms with E-state index in [2.05, 4.69) is 16.4 Å². The second-order valence-corrected chi connectivity index (χ2v) is 6.28. The van der Waals surface area contributed by atoms with Crippen LogP contribution >= 0.6 is 11.6 Å². The molecular weight excluding hydrogens is 298 g/mol. The fraction of sp³-hybridized carbons (Fsp3) is 0.412. The predicted octanol–water partition coefficient (Wildman–Crippen LogP) is 3.97. The van der Waals surface area contributed by atoms with Crippen molar-refractivity contribution in [1.82, 2.24) is 4.98 Å². The number of aromatic nitrogens is 1. The lowest BCUT2D eigenvalue weighted by atomic mass is 9.88. The smallest absolute Gasteiger partial charge is 0.128 e. The number of nitrogens with zero attached hydrogens (tertiary/aromatic N) is 2. The highest BCUT2D eigenvalue weighted by molar-refractivity contribution is 6.31. The molecule has 5 heteroatoms. The summed E-state index contributed by atoms with van der Waals surface area (Å²) in [6.07, 6.45) is 0.891. The number of anilines is 1. The molecule has 0 saturated carbocycles. The highest BCUT2D eigenvalue weighted by atomic mass is 35.5. The molecule has 2 aromatic rings. The first-order valence-corrected chi connectivity index (χ1v) is 7.72. The Kier molecular flexibility index (Phi) is 4.90. The van der Waals surface area contributed by atoms with Gasteiger partial charge in [0.1, 0.15) is 5.82 Å². The van der Waals surface area contributed by atoms with Gasteiger partial charge in [0.25, 0.3) is 0 Å². The fourth-order valence-corrected chi connectivity index (χ4v) is 2.44. The van der Waals surface area contributed by atoms with E-state index in [0.29, 0.717) is 28.5 Å². The zero-order valence-electron chi connectivity index (χ0n) is 13.0. The van der Waals surface area contributed by atoms with Crippen LogP contribution in [-0.2, 0) is 0 Å². The molecular formula is C17H20ClN3O. The lowest BCUT2D eigenvalue weighted by molar-refractivity contribution is 0.0175. The van der Waals surface area contributed by atoms with E-state index >= 15 is 0 Å². The van der Waals surface area contributed by atoms with Crippen LogP contribution in [0.15, 0.2) is 24.3 Å². The number of halogens is 1. The van der Waals surface area contributed by atoms with Crippen molar-refractivity contribution in [3.05, 3.63) is 34.9 Å². The maximum Gasteiger partial charge on any atom is 0.128 e. The number of nitrogens with one attached hydrogen (secondary N) is 1. The number of benzene rings is 1. The number of hydrogen-bond acceptors (Lipinski definition) is 4. The van der Waals surface area contributed by atoms with Crippen LogP contribution in [0.25, 0.3) is 10.9 Å². The van der Waals surface area contributed by atoms with Crippen molar-refractivity contribution in [2.45, 2.75) is 32.8 Å². The molecule has 2 N–H and O–H groups in total. The fourth-order valence-electron chi connectivity index (χ4n) is 2.26. The molecule has 2 unspecified atom stereocenters. The van der Waals surface area contributed by atoms with Crippen molar-refractivity contribution in [1.29, 1.82) is 5.26 Å². The van der Waals surface area contributed by atoms with Gasteiger partial charge in [0.05, 0.1) is 22.8 Å². The van der Waals surface area contributed by atoms with Crippen molar-refractivity contribution in [3.8, 4) is 6.07 Å². The van der Waals surface area contributed by atoms with Crippen molar-refractivity contribution in [2.24, 2.45) is 5.92 Å². The molecule has 22 heavy (non-hydrogen) atoms. The third-order valence-corrected chi connectivity index (χ3v) is 4.43. The Balaban J connectivity index is 2.30. The van der Waals surface area contributed by atoms with Gasteiger partial charge in [-0.3, -0.25) is 0 Å². The summed E-state index contributed by atoms with van der Waals surface area (Å²) in [7, 11) is 0. The molecule has 1 aromatic heterocycles. The Morgan fingerprint density at radius 1 is 1.45 bits per heavy atom. The van der Waals surface area contributed by atoms with Gasteiger partial charge in [-0.1, -0.05) is 31.9 Å². The largest absolute Gasteiger partial charge is 0.388 e. The second-order valence-electron chi connectivity index (χ2n) is 5.85. The summed E-state index contributed by atoms with van der Waals surface area (Å²) >= 11 is 5.97. The molecule has 0 spiro atoms. The molecule has 0 aliphatic carbocycles. The molecule has 1 heterocycles. The van der Waals surface area contributed by atoms with Gasteiger partial charge in [0, 0.05) is 17.0 Å². The van der Waals surface area contributed by atoms with Crippen LogP contribution in [0.5, 0.6) is 0 Å². The zero-order valence-corrected chi connectivity index (χ0v) is 13.8. The summed E-state index contributed by atoms with van der Waals surface area (Å²) in [4.78, 5) is 4.48. The Hall–Kier alpha value is -1.83. The quantitative estimate of drug-likeness (QED) is 0.875. The van der Waals surface area contributed by atoms with E-state index in [-0.39, 0.29) is 5.92 Å². The molecule has 4 nitrogen and oxygen atoms in total. The van der Waals surface area contributed by atoms with Gasteiger partial charge in [-0.15, -0.1) is 0 Å². The summed E-state index contributed by atoms with van der Waals surface area (Å²) < 4.78 is 0. The number of hydrogen-bond donors (Lipinski definition) is 2. The summed E-state index contributed by atoms with van der Waals surface area (Å²) in [5, 5.41) is 24.2. The first kappa shape index (κ1) is 16.5. The molecule has 0 aliphatic heterocycles.